The molecule has 138 valence electrons. The molecular weight excluding hydrogens is 463 g/mol. The number of aromatic nitrogens is 1. The van der Waals surface area contributed by atoms with Gasteiger partial charge in [-0.15, -0.1) is 0 Å². The second kappa shape index (κ2) is 8.48. The quantitative estimate of drug-likeness (QED) is 0.415. The molecule has 2 nitrogen and oxygen atoms in total. The average Bonchev–Trinajstić information content (AvgIpc) is 3.02. The van der Waals surface area contributed by atoms with Crippen molar-refractivity contribution in [1.29, 1.82) is 0 Å². The Morgan fingerprint density at radius 1 is 1.00 bits per heavy atom. The van der Waals surface area contributed by atoms with Crippen molar-refractivity contribution in [2.75, 3.05) is 11.4 Å². The molecule has 0 radical (unpaired) electrons. The molecule has 27 heavy (non-hydrogen) atoms. The number of thioether (sulfide) groups is 1. The van der Waals surface area contributed by atoms with E-state index in [0.717, 1.165) is 6.54 Å². The summed E-state index contributed by atoms with van der Waals surface area (Å²) in [6.45, 7) is 5.35. The van der Waals surface area contributed by atoms with Crippen LogP contribution >= 0.6 is 11.8 Å². The highest BCUT2D eigenvalue weighted by Gasteiger charge is 2.23. The summed E-state index contributed by atoms with van der Waals surface area (Å²) in [4.78, 5) is 3.73. The van der Waals surface area contributed by atoms with Gasteiger partial charge in [0.05, 0.1) is 10.7 Å². The van der Waals surface area contributed by atoms with Gasteiger partial charge in [-0.2, -0.15) is 4.57 Å². The summed E-state index contributed by atoms with van der Waals surface area (Å²) in [5, 5.41) is 1.29. The van der Waals surface area contributed by atoms with E-state index < -0.39 is 0 Å². The van der Waals surface area contributed by atoms with Crippen molar-refractivity contribution in [3.05, 3.63) is 83.0 Å². The van der Waals surface area contributed by atoms with Crippen molar-refractivity contribution in [2.45, 2.75) is 18.7 Å². The van der Waals surface area contributed by atoms with Crippen molar-refractivity contribution in [1.82, 2.24) is 0 Å². The van der Waals surface area contributed by atoms with E-state index >= 15 is 0 Å². The van der Waals surface area contributed by atoms with Gasteiger partial charge in [-0.05, 0) is 42.8 Å². The zero-order valence-electron chi connectivity index (χ0n) is 15.8. The lowest BCUT2D eigenvalue weighted by molar-refractivity contribution is -0.666. The minimum atomic E-state index is 0. The molecule has 0 N–H and O–H groups in total. The standard InChI is InChI=1S/C23H23N2S.HI/c1-4-25-20-12-8-9-13-22(20)26-23(25)16-18-14-17(2)24(3)21(15-18)19-10-6-5-7-11-19;/h5-16H,4H2,1-3H3;1H/q+1;/p-1. The van der Waals surface area contributed by atoms with E-state index in [2.05, 4.69) is 103 Å². The highest BCUT2D eigenvalue weighted by molar-refractivity contribution is 8.03. The van der Waals surface area contributed by atoms with Crippen LogP contribution < -0.4 is 33.4 Å². The Labute approximate surface area is 182 Å². The Morgan fingerprint density at radius 3 is 2.44 bits per heavy atom. The van der Waals surface area contributed by atoms with Crippen molar-refractivity contribution >= 4 is 23.5 Å². The van der Waals surface area contributed by atoms with Crippen molar-refractivity contribution in [2.24, 2.45) is 7.05 Å². The van der Waals surface area contributed by atoms with E-state index in [9.17, 15) is 0 Å². The number of nitrogens with zero attached hydrogens (tertiary/aromatic N) is 2. The first kappa shape index (κ1) is 20.0. The number of hydrogen-bond acceptors (Lipinski definition) is 2. The van der Waals surface area contributed by atoms with Gasteiger partial charge in [0.15, 0.2) is 5.69 Å². The van der Waals surface area contributed by atoms with Crippen molar-refractivity contribution in [3.8, 4) is 11.3 Å². The third kappa shape index (κ3) is 3.92. The monoisotopic (exact) mass is 486 g/mol. The van der Waals surface area contributed by atoms with Crippen LogP contribution in [0.5, 0.6) is 0 Å². The summed E-state index contributed by atoms with van der Waals surface area (Å²) in [7, 11) is 2.13. The molecule has 1 aliphatic rings. The molecule has 2 heterocycles. The maximum absolute atomic E-state index is 2.39. The number of fused-ring (bicyclic) bond motifs is 1. The number of benzene rings is 2. The zero-order valence-corrected chi connectivity index (χ0v) is 18.8. The van der Waals surface area contributed by atoms with Crippen LogP contribution in [0.25, 0.3) is 17.3 Å². The number of halogens is 1. The Hall–Kier alpha value is -1.79. The highest BCUT2D eigenvalue weighted by atomic mass is 127. The van der Waals surface area contributed by atoms with Crippen LogP contribution in [0.15, 0.2) is 76.7 Å². The number of anilines is 1. The van der Waals surface area contributed by atoms with Crippen molar-refractivity contribution < 1.29 is 28.5 Å². The van der Waals surface area contributed by atoms with Crippen LogP contribution in [0.4, 0.5) is 5.69 Å². The first-order valence-electron chi connectivity index (χ1n) is 8.99. The van der Waals surface area contributed by atoms with Crippen LogP contribution in [0.1, 0.15) is 18.2 Å². The number of rotatable bonds is 3. The average molecular weight is 486 g/mol. The summed E-state index contributed by atoms with van der Waals surface area (Å²) < 4.78 is 2.26. The first-order chi connectivity index (χ1) is 12.7. The van der Waals surface area contributed by atoms with Gasteiger partial charge in [0.1, 0.15) is 7.05 Å². The summed E-state index contributed by atoms with van der Waals surface area (Å²) >= 11 is 1.86. The topological polar surface area (TPSA) is 7.12 Å². The molecule has 0 bridgehead atoms. The van der Waals surface area contributed by atoms with E-state index in [-0.39, 0.29) is 24.0 Å². The minimum absolute atomic E-state index is 0. The third-order valence-corrected chi connectivity index (χ3v) is 5.99. The number of aryl methyl sites for hydroxylation is 1. The minimum Gasteiger partial charge on any atom is -1.00 e. The van der Waals surface area contributed by atoms with Crippen LogP contribution in [0.3, 0.4) is 0 Å². The van der Waals surface area contributed by atoms with Crippen LogP contribution in [-0.2, 0) is 7.05 Å². The summed E-state index contributed by atoms with van der Waals surface area (Å²) in [6, 6.07) is 23.8. The lowest BCUT2D eigenvalue weighted by Crippen LogP contribution is -3.00. The highest BCUT2D eigenvalue weighted by Crippen LogP contribution is 2.46. The van der Waals surface area contributed by atoms with E-state index in [1.807, 2.05) is 11.8 Å². The maximum atomic E-state index is 2.39. The lowest BCUT2D eigenvalue weighted by Gasteiger charge is -2.18. The van der Waals surface area contributed by atoms with Gasteiger partial charge in [0.25, 0.3) is 0 Å². The molecule has 0 unspecified atom stereocenters. The zero-order chi connectivity index (χ0) is 18.1. The van der Waals surface area contributed by atoms with Crippen molar-refractivity contribution in [3.63, 3.8) is 0 Å². The van der Waals surface area contributed by atoms with E-state index in [1.54, 1.807) is 0 Å². The summed E-state index contributed by atoms with van der Waals surface area (Å²) in [5.74, 6) is 0. The Balaban J connectivity index is 0.00000210. The van der Waals surface area contributed by atoms with Crippen LogP contribution in [0.2, 0.25) is 0 Å². The van der Waals surface area contributed by atoms with E-state index in [0.29, 0.717) is 0 Å². The molecule has 0 atom stereocenters. The predicted molar refractivity (Wildman–Crippen MR) is 111 cm³/mol. The molecule has 0 fully saturated rings. The van der Waals surface area contributed by atoms with Crippen LogP contribution in [0, 0.1) is 6.92 Å². The molecule has 1 aliphatic heterocycles. The first-order valence-corrected chi connectivity index (χ1v) is 9.81. The normalized spacial score (nSPS) is 14.2. The number of para-hydroxylation sites is 1. The van der Waals surface area contributed by atoms with Gasteiger partial charge >= 0.3 is 0 Å². The van der Waals surface area contributed by atoms with Gasteiger partial charge in [0.2, 0.25) is 5.69 Å². The lowest BCUT2D eigenvalue weighted by atomic mass is 10.1. The second-order valence-corrected chi connectivity index (χ2v) is 7.60. The molecule has 4 rings (SSSR count). The predicted octanol–water partition coefficient (Wildman–Crippen LogP) is 2.42. The fraction of sp³-hybridized carbons (Fsp3) is 0.174. The molecule has 0 aliphatic carbocycles. The van der Waals surface area contributed by atoms with Gasteiger partial charge < -0.3 is 28.9 Å². The number of pyridine rings is 1. The second-order valence-electron chi connectivity index (χ2n) is 6.54. The maximum Gasteiger partial charge on any atom is 0.213 e. The SMILES string of the molecule is CCN1C(=Cc2cc(C)[n+](C)c(-c3ccccc3)c2)Sc2ccccc21.[I-]. The Bertz CT molecular complexity index is 983. The van der Waals surface area contributed by atoms with Gasteiger partial charge in [0, 0.05) is 36.1 Å². The van der Waals surface area contributed by atoms with Gasteiger partial charge in [-0.25, -0.2) is 0 Å². The molecule has 0 saturated heterocycles. The molecule has 0 spiro atoms. The number of hydrogen-bond donors (Lipinski definition) is 0. The van der Waals surface area contributed by atoms with E-state index in [4.69, 9.17) is 0 Å². The molecule has 0 saturated carbocycles. The molecule has 1 aromatic heterocycles. The summed E-state index contributed by atoms with van der Waals surface area (Å²) in [5.41, 5.74) is 6.29. The Kier molecular flexibility index (Phi) is 6.27. The largest absolute Gasteiger partial charge is 1.00 e. The Morgan fingerprint density at radius 2 is 1.70 bits per heavy atom. The molecule has 0 amide bonds. The molecular formula is C23H23IN2S. The smallest absolute Gasteiger partial charge is 0.213 e. The fourth-order valence-electron chi connectivity index (χ4n) is 3.42. The third-order valence-electron chi connectivity index (χ3n) is 4.88. The summed E-state index contributed by atoms with van der Waals surface area (Å²) in [6.07, 6.45) is 2.31. The van der Waals surface area contributed by atoms with E-state index in [1.165, 1.54) is 38.1 Å². The van der Waals surface area contributed by atoms with Gasteiger partial charge in [-0.1, -0.05) is 42.1 Å². The fourth-order valence-corrected chi connectivity index (χ4v) is 4.61. The van der Waals surface area contributed by atoms with Gasteiger partial charge in [-0.3, -0.25) is 0 Å². The molecule has 3 aromatic rings. The van der Waals surface area contributed by atoms with Crippen LogP contribution in [-0.4, -0.2) is 6.54 Å². The molecule has 4 heteroatoms. The molecule has 2 aromatic carbocycles.